The van der Waals surface area contributed by atoms with E-state index in [1.807, 2.05) is 0 Å². The Morgan fingerprint density at radius 2 is 1.69 bits per heavy atom. The Morgan fingerprint density at radius 1 is 1.06 bits per heavy atom. The van der Waals surface area contributed by atoms with E-state index < -0.39 is 56.6 Å². The van der Waals surface area contributed by atoms with Gasteiger partial charge in [0.2, 0.25) is 5.91 Å². The van der Waals surface area contributed by atoms with Gasteiger partial charge in [0.1, 0.15) is 22.4 Å². The van der Waals surface area contributed by atoms with E-state index in [-0.39, 0.29) is 35.1 Å². The first-order valence-corrected chi connectivity index (χ1v) is 11.8. The highest BCUT2D eigenvalue weighted by molar-refractivity contribution is 7.86. The molecule has 13 heteroatoms. The van der Waals surface area contributed by atoms with Crippen LogP contribution in [0.2, 0.25) is 0 Å². The second-order valence-electron chi connectivity index (χ2n) is 8.32. The number of carbonyl (C=O) groups excluding carboxylic acids is 2. The lowest BCUT2D eigenvalue weighted by atomic mass is 9.95. The first kappa shape index (κ1) is 26.5. The van der Waals surface area contributed by atoms with Crippen LogP contribution in [0, 0.1) is 11.6 Å². The lowest BCUT2D eigenvalue weighted by molar-refractivity contribution is -0.175. The molecule has 35 heavy (non-hydrogen) atoms. The van der Waals surface area contributed by atoms with Gasteiger partial charge in [-0.2, -0.15) is 21.6 Å². The zero-order valence-corrected chi connectivity index (χ0v) is 19.2. The molecule has 3 N–H and O–H groups in total. The van der Waals surface area contributed by atoms with Gasteiger partial charge in [-0.1, -0.05) is 24.3 Å². The summed E-state index contributed by atoms with van der Waals surface area (Å²) in [6.45, 7) is 2.45. The van der Waals surface area contributed by atoms with Gasteiger partial charge < -0.3 is 10.6 Å². The molecule has 190 valence electrons. The molecule has 1 saturated carbocycles. The van der Waals surface area contributed by atoms with Crippen molar-refractivity contribution in [2.45, 2.75) is 49.7 Å². The van der Waals surface area contributed by atoms with Crippen molar-refractivity contribution < 1.29 is 44.5 Å². The summed E-state index contributed by atoms with van der Waals surface area (Å²) in [6, 6.07) is 6.17. The van der Waals surface area contributed by atoms with E-state index in [0.717, 1.165) is 19.1 Å². The fourth-order valence-corrected chi connectivity index (χ4v) is 4.17. The summed E-state index contributed by atoms with van der Waals surface area (Å²) in [5, 5.41) is 2.41. The minimum Gasteiger partial charge on any atom is -0.347 e. The van der Waals surface area contributed by atoms with Gasteiger partial charge in [0, 0.05) is 11.1 Å². The first-order valence-electron chi connectivity index (χ1n) is 10.3. The molecule has 0 heterocycles. The lowest BCUT2D eigenvalue weighted by Crippen LogP contribution is -2.53. The molecule has 1 aliphatic carbocycles. The number of hydrogen-bond donors (Lipinski definition) is 3. The smallest absolute Gasteiger partial charge is 0.347 e. The van der Waals surface area contributed by atoms with E-state index in [4.69, 9.17) is 0 Å². The van der Waals surface area contributed by atoms with Crippen LogP contribution in [0.1, 0.15) is 49.1 Å². The SMILES string of the molecule is CC(c1c(F)cccc1-c1ccc([C@@H](C)NC(=O)C2(NC(=O)C(F)(F)F)CC2)c(F)c1)S(=O)(=O)O. The quantitative estimate of drug-likeness (QED) is 0.378. The van der Waals surface area contributed by atoms with Crippen LogP contribution in [0.15, 0.2) is 36.4 Å². The van der Waals surface area contributed by atoms with Crippen LogP contribution in [0.3, 0.4) is 0 Å². The van der Waals surface area contributed by atoms with Crippen molar-refractivity contribution in [2.24, 2.45) is 0 Å². The largest absolute Gasteiger partial charge is 0.471 e. The van der Waals surface area contributed by atoms with E-state index in [9.17, 15) is 44.5 Å². The normalized spacial score (nSPS) is 16.8. The highest BCUT2D eigenvalue weighted by atomic mass is 32.2. The molecule has 2 aromatic rings. The van der Waals surface area contributed by atoms with Gasteiger partial charge in [-0.3, -0.25) is 14.1 Å². The molecule has 0 radical (unpaired) electrons. The number of alkyl halides is 3. The summed E-state index contributed by atoms with van der Waals surface area (Å²) in [4.78, 5) is 23.7. The molecule has 2 aromatic carbocycles. The summed E-state index contributed by atoms with van der Waals surface area (Å²) in [6.07, 6.45) is -5.18. The zero-order chi connectivity index (χ0) is 26.3. The topological polar surface area (TPSA) is 113 Å². The van der Waals surface area contributed by atoms with Crippen molar-refractivity contribution in [1.82, 2.24) is 10.6 Å². The van der Waals surface area contributed by atoms with Gasteiger partial charge in [0.05, 0.1) is 6.04 Å². The number of rotatable bonds is 7. The number of hydrogen-bond acceptors (Lipinski definition) is 4. The molecular formula is C22H21F5N2O5S. The first-order chi connectivity index (χ1) is 16.1. The van der Waals surface area contributed by atoms with Gasteiger partial charge >= 0.3 is 12.1 Å². The van der Waals surface area contributed by atoms with Crippen molar-refractivity contribution in [1.29, 1.82) is 0 Å². The van der Waals surface area contributed by atoms with E-state index in [1.165, 1.54) is 31.2 Å². The Bertz CT molecular complexity index is 1280. The van der Waals surface area contributed by atoms with Crippen molar-refractivity contribution in [3.63, 3.8) is 0 Å². The molecule has 1 aliphatic rings. The average molecular weight is 520 g/mol. The van der Waals surface area contributed by atoms with Crippen LogP contribution < -0.4 is 10.6 Å². The van der Waals surface area contributed by atoms with Gasteiger partial charge in [0.15, 0.2) is 0 Å². The second kappa shape index (κ2) is 9.19. The Morgan fingerprint density at radius 3 is 2.20 bits per heavy atom. The van der Waals surface area contributed by atoms with Crippen LogP contribution in [0.5, 0.6) is 0 Å². The van der Waals surface area contributed by atoms with Crippen molar-refractivity contribution in [2.75, 3.05) is 0 Å². The molecule has 1 unspecified atom stereocenters. The minimum absolute atomic E-state index is 0.0108. The zero-order valence-electron chi connectivity index (χ0n) is 18.4. The summed E-state index contributed by atoms with van der Waals surface area (Å²) >= 11 is 0. The maximum absolute atomic E-state index is 15.0. The van der Waals surface area contributed by atoms with Crippen molar-refractivity contribution >= 4 is 21.9 Å². The number of carbonyl (C=O) groups is 2. The Hall–Kier alpha value is -3.06. The molecule has 0 bridgehead atoms. The van der Waals surface area contributed by atoms with Crippen molar-refractivity contribution in [3.05, 3.63) is 59.2 Å². The summed E-state index contributed by atoms with van der Waals surface area (Å²) in [5.41, 5.74) is -2.03. The van der Waals surface area contributed by atoms with Gasteiger partial charge in [-0.15, -0.1) is 0 Å². The standard InChI is InChI=1S/C22H21F5N2O5S/c1-11(28-19(30)21(8-9-21)29-20(31)22(25,26)27)14-7-6-13(10-17(14)24)15-4-3-5-16(23)18(15)12(2)35(32,33)34/h3-7,10-12H,8-9H2,1-2H3,(H,28,30)(H,29,31)(H,32,33,34)/t11-,12?/m1/s1. The molecular weight excluding hydrogens is 499 g/mol. The number of benzene rings is 2. The Labute approximate surface area is 197 Å². The van der Waals surface area contributed by atoms with E-state index >= 15 is 0 Å². The Balaban J connectivity index is 1.84. The number of nitrogens with one attached hydrogen (secondary N) is 2. The number of amides is 2. The molecule has 0 saturated heterocycles. The van der Waals surface area contributed by atoms with E-state index in [0.29, 0.717) is 0 Å². The van der Waals surface area contributed by atoms with Crippen LogP contribution in [-0.2, 0) is 19.7 Å². The summed E-state index contributed by atoms with van der Waals surface area (Å²) in [7, 11) is -4.66. The van der Waals surface area contributed by atoms with Crippen LogP contribution in [0.25, 0.3) is 11.1 Å². The molecule has 7 nitrogen and oxygen atoms in total. The van der Waals surface area contributed by atoms with Crippen LogP contribution in [0.4, 0.5) is 22.0 Å². The van der Waals surface area contributed by atoms with Gasteiger partial charge in [-0.05, 0) is 49.9 Å². The average Bonchev–Trinajstić information content (AvgIpc) is 3.52. The maximum atomic E-state index is 15.0. The fourth-order valence-electron chi connectivity index (χ4n) is 3.63. The predicted molar refractivity (Wildman–Crippen MR) is 114 cm³/mol. The molecule has 2 amide bonds. The predicted octanol–water partition coefficient (Wildman–Crippen LogP) is 3.97. The fraction of sp³-hybridized carbons (Fsp3) is 0.364. The maximum Gasteiger partial charge on any atom is 0.471 e. The van der Waals surface area contributed by atoms with E-state index in [2.05, 4.69) is 5.32 Å². The third-order valence-corrected chi connectivity index (χ3v) is 6.96. The van der Waals surface area contributed by atoms with Crippen LogP contribution >= 0.6 is 0 Å². The molecule has 0 spiro atoms. The third-order valence-electron chi connectivity index (χ3n) is 5.83. The van der Waals surface area contributed by atoms with Gasteiger partial charge in [-0.25, -0.2) is 8.78 Å². The highest BCUT2D eigenvalue weighted by Crippen LogP contribution is 2.38. The molecule has 0 aromatic heterocycles. The number of halogens is 5. The lowest BCUT2D eigenvalue weighted by Gasteiger charge is -2.22. The van der Waals surface area contributed by atoms with E-state index in [1.54, 1.807) is 5.32 Å². The Kier molecular flexibility index (Phi) is 6.97. The minimum atomic E-state index is -5.16. The van der Waals surface area contributed by atoms with Crippen LogP contribution in [-0.4, -0.2) is 36.5 Å². The monoisotopic (exact) mass is 520 g/mol. The third kappa shape index (κ3) is 5.61. The van der Waals surface area contributed by atoms with Crippen molar-refractivity contribution in [3.8, 4) is 11.1 Å². The second-order valence-corrected chi connectivity index (χ2v) is 10.1. The van der Waals surface area contributed by atoms with Gasteiger partial charge in [0.25, 0.3) is 10.1 Å². The highest BCUT2D eigenvalue weighted by Gasteiger charge is 2.55. The molecule has 1 fully saturated rings. The summed E-state index contributed by atoms with van der Waals surface area (Å²) in [5.74, 6) is -4.94. The molecule has 2 atom stereocenters. The molecule has 0 aliphatic heterocycles. The summed E-state index contributed by atoms with van der Waals surface area (Å²) < 4.78 is 99.5. The molecule has 3 rings (SSSR count).